The summed E-state index contributed by atoms with van der Waals surface area (Å²) in [7, 11) is 0. The van der Waals surface area contributed by atoms with Crippen LogP contribution in [0.3, 0.4) is 0 Å². The van der Waals surface area contributed by atoms with Crippen LogP contribution in [0, 0.1) is 0 Å². The van der Waals surface area contributed by atoms with Gasteiger partial charge in [0.2, 0.25) is 0 Å². The number of carbonyl (C=O) groups excluding carboxylic acids is 1. The monoisotopic (exact) mass is 1430 g/mol. The van der Waals surface area contributed by atoms with E-state index in [1.54, 1.807) is 46.9 Å². The molecule has 13 aromatic rings. The SMILES string of the molecule is Clc1ccc2[nH]c3c(c2c1)CCNC3c1ccc(OCCCn2ccnc2)cc1.O=C(OCn1ccnc1)N1CCc2c([nH]c3ccc(Cl)cc23)C1c1ccc(OCCCn2ccnc2)cc1.S=C(Oc1ccccc1)N1CCc2c([nH]c3ccc(Cl)cc23)C1c1ccc(Br)cc1. The Kier molecular flexibility index (Phi) is 20.1. The van der Waals surface area contributed by atoms with E-state index in [0.29, 0.717) is 36.4 Å². The van der Waals surface area contributed by atoms with Crippen molar-refractivity contribution in [2.75, 3.05) is 32.8 Å². The number of H-pyrrole nitrogens is 3. The van der Waals surface area contributed by atoms with Crippen LogP contribution in [0.5, 0.6) is 17.2 Å². The Morgan fingerprint density at radius 3 is 1.51 bits per heavy atom. The molecule has 0 bridgehead atoms. The van der Waals surface area contributed by atoms with E-state index in [1.807, 2.05) is 120 Å². The maximum atomic E-state index is 13.3. The Bertz CT molecular complexity index is 4800. The second kappa shape index (κ2) is 30.0. The maximum Gasteiger partial charge on any atom is 0.412 e. The summed E-state index contributed by atoms with van der Waals surface area (Å²) >= 11 is 28.1. The highest BCUT2D eigenvalue weighted by Crippen LogP contribution is 2.43. The number of aryl methyl sites for hydroxylation is 2. The van der Waals surface area contributed by atoms with Crippen LogP contribution < -0.4 is 19.5 Å². The van der Waals surface area contributed by atoms with E-state index in [4.69, 9.17) is 66.0 Å². The van der Waals surface area contributed by atoms with Crippen molar-refractivity contribution in [2.45, 2.75) is 70.0 Å². The molecule has 492 valence electrons. The highest BCUT2D eigenvalue weighted by Gasteiger charge is 2.37. The average molecular weight is 1440 g/mol. The number of thiocarbonyl (C=S) groups is 1. The van der Waals surface area contributed by atoms with Crippen LogP contribution in [0.2, 0.25) is 15.1 Å². The van der Waals surface area contributed by atoms with Crippen molar-refractivity contribution in [3.05, 3.63) is 284 Å². The maximum absolute atomic E-state index is 13.3. The summed E-state index contributed by atoms with van der Waals surface area (Å²) in [6, 6.07) is 52.1. The predicted molar refractivity (Wildman–Crippen MR) is 388 cm³/mol. The smallest absolute Gasteiger partial charge is 0.412 e. The molecule has 3 aliphatic heterocycles. The van der Waals surface area contributed by atoms with Gasteiger partial charge in [-0.05, 0) is 181 Å². The molecule has 22 heteroatoms. The zero-order valence-electron chi connectivity index (χ0n) is 52.7. The Labute approximate surface area is 589 Å². The Balaban J connectivity index is 0.000000126. The number of aromatic amines is 3. The summed E-state index contributed by atoms with van der Waals surface area (Å²) in [5.41, 5.74) is 13.8. The minimum atomic E-state index is -0.383. The molecular weight excluding hydrogens is 1370 g/mol. The van der Waals surface area contributed by atoms with Gasteiger partial charge in [0.15, 0.2) is 6.73 Å². The van der Waals surface area contributed by atoms with E-state index >= 15 is 0 Å². The second-order valence-electron chi connectivity index (χ2n) is 23.9. The Morgan fingerprint density at radius 1 is 0.526 bits per heavy atom. The van der Waals surface area contributed by atoms with E-state index in [0.717, 1.165) is 128 Å². The van der Waals surface area contributed by atoms with Crippen LogP contribution in [-0.4, -0.2) is 97.5 Å². The summed E-state index contributed by atoms with van der Waals surface area (Å²) in [6.45, 7) is 5.38. The third-order valence-electron chi connectivity index (χ3n) is 17.8. The molecule has 16 rings (SSSR count). The molecule has 6 aromatic heterocycles. The average Bonchev–Trinajstić information content (AvgIpc) is 1.60. The highest BCUT2D eigenvalue weighted by molar-refractivity contribution is 9.10. The van der Waals surface area contributed by atoms with Crippen molar-refractivity contribution in [1.82, 2.24) is 58.7 Å². The first-order valence-electron chi connectivity index (χ1n) is 32.2. The number of nitrogens with one attached hydrogen (secondary N) is 4. The first-order valence-corrected chi connectivity index (χ1v) is 34.6. The fourth-order valence-electron chi connectivity index (χ4n) is 13.2. The molecule has 0 saturated carbocycles. The van der Waals surface area contributed by atoms with Crippen LogP contribution >= 0.6 is 63.0 Å². The largest absolute Gasteiger partial charge is 0.494 e. The molecule has 4 N–H and O–H groups in total. The van der Waals surface area contributed by atoms with Crippen LogP contribution in [0.4, 0.5) is 4.79 Å². The third kappa shape index (κ3) is 15.0. The number of benzene rings is 7. The number of hydrogen-bond acceptors (Lipinski definition) is 10. The van der Waals surface area contributed by atoms with E-state index in [-0.39, 0.29) is 30.9 Å². The van der Waals surface area contributed by atoms with Gasteiger partial charge in [0.25, 0.3) is 5.17 Å². The standard InChI is InChI=1S/C28H27ClN6O3.C24H18BrClN2OS.C23H23ClN4O/c29-21-4-7-25-24(16-21)23-8-12-35(28(36)38-19-34-14-10-31-18-34)27(26(23)32-25)20-2-5-22(6-3-20)37-15-1-11-33-13-9-30-17-33;25-16-8-6-15(7-9-16)23-22-19(20-14-17(26)10-11-21(20)27-22)12-13-28(23)24(30)29-18-4-2-1-3-5-18;24-17-4-7-21-20(14-17)19-8-9-26-22(23(19)27-21)16-2-5-18(6-3-16)29-13-1-11-28-12-10-25-15-28/h2-7,9-10,13-14,16-18,27,32H,1,8,11-12,15,19H2;1-11,14,23,27H,12-13H2;2-7,10,12,14-15,22,26-27H,1,8-9,11,13H2. The van der Waals surface area contributed by atoms with Gasteiger partial charge in [0, 0.05) is 139 Å². The van der Waals surface area contributed by atoms with Gasteiger partial charge in [-0.2, -0.15) is 0 Å². The fraction of sp³-hybridized carbons (Fsp3) is 0.213. The van der Waals surface area contributed by atoms with Crippen molar-refractivity contribution < 1.29 is 23.7 Å². The van der Waals surface area contributed by atoms with Crippen LogP contribution in [0.1, 0.15) is 81.4 Å². The number of nitrogens with zero attached hydrogens (tertiary/aromatic N) is 8. The minimum absolute atomic E-state index is 0.0655. The zero-order chi connectivity index (χ0) is 66.2. The number of imidazole rings is 3. The molecule has 0 saturated heterocycles. The molecule has 0 fully saturated rings. The predicted octanol–water partition coefficient (Wildman–Crippen LogP) is 17.0. The van der Waals surface area contributed by atoms with Crippen LogP contribution in [0.15, 0.2) is 218 Å². The molecule has 0 spiro atoms. The van der Waals surface area contributed by atoms with E-state index in [2.05, 4.69) is 121 Å². The first kappa shape index (κ1) is 65.0. The summed E-state index contributed by atoms with van der Waals surface area (Å²) in [5.74, 6) is 2.43. The highest BCUT2D eigenvalue weighted by atomic mass is 79.9. The van der Waals surface area contributed by atoms with Gasteiger partial charge in [-0.15, -0.1) is 0 Å². The number of amides is 1. The van der Waals surface area contributed by atoms with Crippen molar-refractivity contribution in [3.8, 4) is 17.2 Å². The van der Waals surface area contributed by atoms with Gasteiger partial charge in [-0.3, -0.25) is 4.90 Å². The molecule has 0 radical (unpaired) electrons. The van der Waals surface area contributed by atoms with Gasteiger partial charge in [0.1, 0.15) is 23.3 Å². The lowest BCUT2D eigenvalue weighted by molar-refractivity contribution is 0.0645. The van der Waals surface area contributed by atoms with Gasteiger partial charge in [-0.25, -0.2) is 19.7 Å². The molecule has 7 aromatic carbocycles. The van der Waals surface area contributed by atoms with Gasteiger partial charge < -0.3 is 57.8 Å². The van der Waals surface area contributed by atoms with Crippen molar-refractivity contribution >= 4 is 107 Å². The lowest BCUT2D eigenvalue weighted by Gasteiger charge is -2.37. The summed E-state index contributed by atoms with van der Waals surface area (Å²) in [5, 5.41) is 9.82. The summed E-state index contributed by atoms with van der Waals surface area (Å²) in [4.78, 5) is 40.1. The van der Waals surface area contributed by atoms with E-state index in [1.165, 1.54) is 38.7 Å². The van der Waals surface area contributed by atoms with Crippen molar-refractivity contribution in [1.29, 1.82) is 0 Å². The second-order valence-corrected chi connectivity index (χ2v) is 26.5. The number of aromatic nitrogens is 9. The number of ether oxygens (including phenoxy) is 4. The topological polar surface area (TPSA) is 173 Å². The fourth-order valence-corrected chi connectivity index (χ4v) is 14.3. The molecular formula is C75H68BrCl3N12O5S. The molecule has 97 heavy (non-hydrogen) atoms. The molecule has 3 aliphatic rings. The molecule has 3 atom stereocenters. The van der Waals surface area contributed by atoms with E-state index < -0.39 is 0 Å². The number of para-hydroxylation sites is 1. The number of rotatable bonds is 16. The quantitative estimate of drug-likeness (QED) is 0.0536. The van der Waals surface area contributed by atoms with Gasteiger partial charge in [-0.1, -0.05) is 105 Å². The van der Waals surface area contributed by atoms with Crippen molar-refractivity contribution in [3.63, 3.8) is 0 Å². The molecule has 0 aliphatic carbocycles. The van der Waals surface area contributed by atoms with Crippen molar-refractivity contribution in [2.24, 2.45) is 0 Å². The number of carbonyl (C=O) groups is 1. The Morgan fingerprint density at radius 2 is 0.990 bits per heavy atom. The van der Waals surface area contributed by atoms with E-state index in [9.17, 15) is 4.79 Å². The molecule has 1 amide bonds. The van der Waals surface area contributed by atoms with Crippen LogP contribution in [0.25, 0.3) is 32.7 Å². The summed E-state index contributed by atoms with van der Waals surface area (Å²) < 4.78 is 30.4. The van der Waals surface area contributed by atoms with Gasteiger partial charge in [0.05, 0.1) is 44.3 Å². The first-order chi connectivity index (χ1) is 47.5. The molecule has 9 heterocycles. The lowest BCUT2D eigenvalue weighted by atomic mass is 9.92. The lowest BCUT2D eigenvalue weighted by Crippen LogP contribution is -2.42. The number of fused-ring (bicyclic) bond motifs is 9. The third-order valence-corrected chi connectivity index (χ3v) is 19.3. The molecule has 17 nitrogen and oxygen atoms in total. The number of halogens is 4. The Hall–Kier alpha value is -9.34. The zero-order valence-corrected chi connectivity index (χ0v) is 57.3. The van der Waals surface area contributed by atoms with Gasteiger partial charge >= 0.3 is 6.09 Å². The molecule has 3 unspecified atom stereocenters. The van der Waals surface area contributed by atoms with Crippen LogP contribution in [-0.2, 0) is 43.8 Å². The minimum Gasteiger partial charge on any atom is -0.494 e. The number of hydrogen-bond donors (Lipinski definition) is 4. The normalized spacial score (nSPS) is 15.6. The summed E-state index contributed by atoms with van der Waals surface area (Å²) in [6.07, 6.45) is 20.2.